The van der Waals surface area contributed by atoms with Crippen molar-refractivity contribution < 1.29 is 14.3 Å². The predicted molar refractivity (Wildman–Crippen MR) is 150 cm³/mol. The minimum Gasteiger partial charge on any atom is -0.483 e. The van der Waals surface area contributed by atoms with Gasteiger partial charge in [0.1, 0.15) is 11.4 Å². The third kappa shape index (κ3) is 6.46. The van der Waals surface area contributed by atoms with E-state index in [1.165, 1.54) is 5.56 Å². The summed E-state index contributed by atoms with van der Waals surface area (Å²) in [5.74, 6) is 1.32. The Hall–Kier alpha value is -4.59. The van der Waals surface area contributed by atoms with E-state index >= 15 is 0 Å². The van der Waals surface area contributed by atoms with Crippen LogP contribution >= 0.6 is 0 Å². The number of pyridine rings is 1. The number of carbonyl (C=O) groups is 2. The van der Waals surface area contributed by atoms with Crippen LogP contribution in [0.2, 0.25) is 0 Å². The van der Waals surface area contributed by atoms with Gasteiger partial charge in [-0.05, 0) is 79.6 Å². The average molecular weight is 522 g/mol. The monoisotopic (exact) mass is 521 g/mol. The number of hydrogen-bond acceptors (Lipinski definition) is 6. The molecule has 0 bridgehead atoms. The number of benzene rings is 2. The minimum atomic E-state index is -0.201. The summed E-state index contributed by atoms with van der Waals surface area (Å²) in [6.45, 7) is 5.24. The molecule has 0 saturated carbocycles. The second-order valence-electron chi connectivity index (χ2n) is 9.80. The number of likely N-dealkylation sites (tertiary alicyclic amines) is 1. The molecular formula is C31H31N5O3. The second kappa shape index (κ2) is 11.9. The van der Waals surface area contributed by atoms with Crippen LogP contribution in [0.4, 0.5) is 5.69 Å². The van der Waals surface area contributed by atoms with E-state index in [1.54, 1.807) is 18.6 Å². The smallest absolute Gasteiger partial charge is 0.262 e. The van der Waals surface area contributed by atoms with Gasteiger partial charge in [-0.3, -0.25) is 14.6 Å². The number of nitrogens with zero attached hydrogens (tertiary/aromatic N) is 4. The molecule has 2 aromatic heterocycles. The zero-order chi connectivity index (χ0) is 27.2. The molecule has 0 atom stereocenters. The third-order valence-corrected chi connectivity index (χ3v) is 6.94. The van der Waals surface area contributed by atoms with E-state index in [-0.39, 0.29) is 18.4 Å². The van der Waals surface area contributed by atoms with Crippen LogP contribution < -0.4 is 10.1 Å². The zero-order valence-electron chi connectivity index (χ0n) is 22.1. The van der Waals surface area contributed by atoms with Crippen LogP contribution in [0.15, 0.2) is 79.3 Å². The quantitative estimate of drug-likeness (QED) is 0.359. The van der Waals surface area contributed by atoms with Crippen molar-refractivity contribution in [3.8, 4) is 17.3 Å². The molecule has 0 spiro atoms. The Morgan fingerprint density at radius 3 is 2.38 bits per heavy atom. The van der Waals surface area contributed by atoms with Crippen LogP contribution in [0, 0.1) is 13.8 Å². The first-order chi connectivity index (χ1) is 19.0. The summed E-state index contributed by atoms with van der Waals surface area (Å²) in [4.78, 5) is 40.2. The van der Waals surface area contributed by atoms with Crippen LogP contribution in [-0.2, 0) is 4.79 Å². The van der Waals surface area contributed by atoms with Gasteiger partial charge in [-0.15, -0.1) is 0 Å². The van der Waals surface area contributed by atoms with Gasteiger partial charge in [0, 0.05) is 37.4 Å². The Labute approximate surface area is 228 Å². The predicted octanol–water partition coefficient (Wildman–Crippen LogP) is 5.19. The molecule has 1 N–H and O–H groups in total. The molecule has 0 radical (unpaired) electrons. The number of aromatic nitrogens is 3. The maximum Gasteiger partial charge on any atom is 0.262 e. The molecule has 0 unspecified atom stereocenters. The fourth-order valence-corrected chi connectivity index (χ4v) is 4.71. The SMILES string of the molecule is Cc1ccc(C)c(OCC(=O)Nc2ccc(C3CCN(C(=O)c4cnc(-c5ccccn5)nc4)CC3)cc2)c1. The van der Waals surface area contributed by atoms with E-state index in [0.29, 0.717) is 36.1 Å². The molecule has 0 aliphatic carbocycles. The molecule has 4 aromatic rings. The van der Waals surface area contributed by atoms with Crippen LogP contribution in [0.25, 0.3) is 11.5 Å². The van der Waals surface area contributed by atoms with E-state index in [0.717, 1.165) is 35.4 Å². The van der Waals surface area contributed by atoms with Gasteiger partial charge >= 0.3 is 0 Å². The van der Waals surface area contributed by atoms with Gasteiger partial charge in [-0.2, -0.15) is 0 Å². The number of nitrogens with one attached hydrogen (secondary N) is 1. The first kappa shape index (κ1) is 26.0. The Morgan fingerprint density at radius 2 is 1.69 bits per heavy atom. The lowest BCUT2D eigenvalue weighted by atomic mass is 9.89. The molecule has 8 heteroatoms. The van der Waals surface area contributed by atoms with Crippen LogP contribution in [0.5, 0.6) is 5.75 Å². The molecule has 5 rings (SSSR count). The standard InChI is InChI=1S/C31H31N5O3/c1-21-6-7-22(2)28(17-21)39-20-29(37)35-26-10-8-23(9-11-26)24-12-15-36(16-13-24)31(38)25-18-33-30(34-19-25)27-5-3-4-14-32-27/h3-11,14,17-19,24H,12-13,15-16,20H2,1-2H3,(H,35,37). The van der Waals surface area contributed by atoms with E-state index in [9.17, 15) is 9.59 Å². The largest absolute Gasteiger partial charge is 0.483 e. The Kier molecular flexibility index (Phi) is 7.91. The van der Waals surface area contributed by atoms with Crippen LogP contribution in [0.3, 0.4) is 0 Å². The topological polar surface area (TPSA) is 97.3 Å². The fraction of sp³-hybridized carbons (Fsp3) is 0.258. The summed E-state index contributed by atoms with van der Waals surface area (Å²) >= 11 is 0. The molecule has 1 saturated heterocycles. The average Bonchev–Trinajstić information content (AvgIpc) is 2.98. The van der Waals surface area contributed by atoms with Crippen molar-refractivity contribution in [3.63, 3.8) is 0 Å². The Bertz CT molecular complexity index is 1430. The van der Waals surface area contributed by atoms with Gasteiger partial charge in [0.05, 0.1) is 5.56 Å². The van der Waals surface area contributed by atoms with Gasteiger partial charge in [0.25, 0.3) is 11.8 Å². The number of aryl methyl sites for hydroxylation is 2. The number of rotatable bonds is 7. The van der Waals surface area contributed by atoms with Crippen molar-refractivity contribution in [1.29, 1.82) is 0 Å². The van der Waals surface area contributed by atoms with Crippen molar-refractivity contribution in [1.82, 2.24) is 19.9 Å². The van der Waals surface area contributed by atoms with Crippen LogP contribution in [0.1, 0.15) is 45.8 Å². The first-order valence-corrected chi connectivity index (χ1v) is 13.1. The maximum atomic E-state index is 13.0. The highest BCUT2D eigenvalue weighted by Crippen LogP contribution is 2.29. The normalized spacial score (nSPS) is 13.6. The molecule has 1 aliphatic rings. The highest BCUT2D eigenvalue weighted by Gasteiger charge is 2.25. The van der Waals surface area contributed by atoms with Crippen molar-refractivity contribution in [3.05, 3.63) is 102 Å². The fourth-order valence-electron chi connectivity index (χ4n) is 4.71. The van der Waals surface area contributed by atoms with Gasteiger partial charge in [-0.1, -0.05) is 30.3 Å². The summed E-state index contributed by atoms with van der Waals surface area (Å²) in [6, 6.07) is 19.4. The number of hydrogen-bond donors (Lipinski definition) is 1. The van der Waals surface area contributed by atoms with Gasteiger partial charge in [0.15, 0.2) is 12.4 Å². The molecule has 2 amide bonds. The number of piperidine rings is 1. The van der Waals surface area contributed by atoms with Crippen molar-refractivity contribution >= 4 is 17.5 Å². The summed E-state index contributed by atoms with van der Waals surface area (Å²) in [5, 5.41) is 2.90. The summed E-state index contributed by atoms with van der Waals surface area (Å²) in [5.41, 5.74) is 5.18. The summed E-state index contributed by atoms with van der Waals surface area (Å²) in [6.07, 6.45) is 6.58. The lowest BCUT2D eigenvalue weighted by Crippen LogP contribution is -2.38. The van der Waals surface area contributed by atoms with E-state index in [1.807, 2.05) is 79.4 Å². The van der Waals surface area contributed by atoms with Crippen molar-refractivity contribution in [2.24, 2.45) is 0 Å². The molecule has 39 heavy (non-hydrogen) atoms. The minimum absolute atomic E-state index is 0.0462. The highest BCUT2D eigenvalue weighted by molar-refractivity contribution is 5.94. The number of amides is 2. The van der Waals surface area contributed by atoms with E-state index in [4.69, 9.17) is 4.74 Å². The molecule has 1 aliphatic heterocycles. The van der Waals surface area contributed by atoms with Crippen molar-refractivity contribution in [2.75, 3.05) is 25.0 Å². The molecular weight excluding hydrogens is 490 g/mol. The number of anilines is 1. The van der Waals surface area contributed by atoms with Gasteiger partial charge in [-0.25, -0.2) is 9.97 Å². The maximum absolute atomic E-state index is 13.0. The highest BCUT2D eigenvalue weighted by atomic mass is 16.5. The molecule has 2 aromatic carbocycles. The van der Waals surface area contributed by atoms with Gasteiger partial charge < -0.3 is 15.0 Å². The molecule has 1 fully saturated rings. The lowest BCUT2D eigenvalue weighted by Gasteiger charge is -2.32. The molecule has 3 heterocycles. The van der Waals surface area contributed by atoms with Crippen LogP contribution in [-0.4, -0.2) is 51.4 Å². The first-order valence-electron chi connectivity index (χ1n) is 13.1. The van der Waals surface area contributed by atoms with E-state index < -0.39 is 0 Å². The Balaban J connectivity index is 1.10. The molecule has 198 valence electrons. The summed E-state index contributed by atoms with van der Waals surface area (Å²) < 4.78 is 5.70. The van der Waals surface area contributed by atoms with Crippen molar-refractivity contribution in [2.45, 2.75) is 32.6 Å². The number of carbonyl (C=O) groups excluding carboxylic acids is 2. The zero-order valence-corrected chi connectivity index (χ0v) is 22.1. The third-order valence-electron chi connectivity index (χ3n) is 6.94. The van der Waals surface area contributed by atoms with E-state index in [2.05, 4.69) is 20.3 Å². The second-order valence-corrected chi connectivity index (χ2v) is 9.80. The lowest BCUT2D eigenvalue weighted by molar-refractivity contribution is -0.118. The summed E-state index contributed by atoms with van der Waals surface area (Å²) in [7, 11) is 0. The molecule has 8 nitrogen and oxygen atoms in total. The Morgan fingerprint density at radius 1 is 0.949 bits per heavy atom. The van der Waals surface area contributed by atoms with Gasteiger partial charge in [0.2, 0.25) is 0 Å². The number of ether oxygens (including phenoxy) is 1.